The van der Waals surface area contributed by atoms with E-state index in [2.05, 4.69) is 35.0 Å². The van der Waals surface area contributed by atoms with Crippen LogP contribution in [0.25, 0.3) is 5.65 Å². The van der Waals surface area contributed by atoms with Crippen molar-refractivity contribution in [2.75, 3.05) is 4.72 Å². The normalized spacial score (nSPS) is 11.6. The monoisotopic (exact) mass is 451 g/mol. The number of nitrogens with one attached hydrogen (secondary N) is 3. The summed E-state index contributed by atoms with van der Waals surface area (Å²) in [6.07, 6.45) is 4.13. The summed E-state index contributed by atoms with van der Waals surface area (Å²) in [6.45, 7) is 1.78. The Hall–Kier alpha value is -4.64. The smallest absolute Gasteiger partial charge is 0.294 e. The summed E-state index contributed by atoms with van der Waals surface area (Å²) >= 11 is 0. The van der Waals surface area contributed by atoms with Crippen LogP contribution >= 0.6 is 0 Å². The van der Waals surface area contributed by atoms with Crippen molar-refractivity contribution < 1.29 is 8.42 Å². The fourth-order valence-corrected chi connectivity index (χ4v) is 3.59. The first-order valence-electron chi connectivity index (χ1n) is 8.88. The van der Waals surface area contributed by atoms with Crippen molar-refractivity contribution in [1.82, 2.24) is 24.6 Å². The molecule has 0 aliphatic carbocycles. The summed E-state index contributed by atoms with van der Waals surface area (Å²) in [6, 6.07) is 7.08. The largest absolute Gasteiger partial charge is 0.343 e. The van der Waals surface area contributed by atoms with Gasteiger partial charge >= 0.3 is 0 Å². The van der Waals surface area contributed by atoms with Gasteiger partial charge in [-0.2, -0.15) is 14.9 Å². The highest BCUT2D eigenvalue weighted by molar-refractivity contribution is 7.92. The highest BCUT2D eigenvalue weighted by atomic mass is 32.2. The van der Waals surface area contributed by atoms with Crippen molar-refractivity contribution in [3.8, 4) is 6.07 Å². The Morgan fingerprint density at radius 2 is 1.81 bits per heavy atom. The second-order valence-electron chi connectivity index (χ2n) is 6.48. The van der Waals surface area contributed by atoms with Crippen molar-refractivity contribution in [2.45, 2.75) is 11.8 Å². The van der Waals surface area contributed by atoms with E-state index in [0.29, 0.717) is 0 Å². The van der Waals surface area contributed by atoms with Crippen LogP contribution in [0.2, 0.25) is 0 Å². The zero-order valence-electron chi connectivity index (χ0n) is 16.3. The summed E-state index contributed by atoms with van der Waals surface area (Å²) in [5, 5.41) is 18.9. The van der Waals surface area contributed by atoms with E-state index in [1.54, 1.807) is 13.0 Å². The summed E-state index contributed by atoms with van der Waals surface area (Å²) < 4.78 is 28.1. The van der Waals surface area contributed by atoms with Gasteiger partial charge in [-0.25, -0.2) is 23.1 Å². The number of nitrogens with zero attached hydrogens (tertiary/aromatic N) is 6. The predicted octanol–water partition coefficient (Wildman–Crippen LogP) is 1.50. The molecule has 0 bridgehead atoms. The van der Waals surface area contributed by atoms with Crippen molar-refractivity contribution >= 4 is 33.0 Å². The highest BCUT2D eigenvalue weighted by Crippen LogP contribution is 2.21. The molecule has 4 rings (SSSR count). The van der Waals surface area contributed by atoms with Crippen LogP contribution in [0.3, 0.4) is 0 Å². The molecule has 0 radical (unpaired) electrons. The minimum absolute atomic E-state index is 0.0317. The SMILES string of the molecule is Cc1cnc(NS(=O)(=O)c2ccc(N=Nc3c(=O)[nH]n4c(=O)c(C#N)c[nH]c34)cc2)nc1. The molecule has 0 aliphatic heterocycles. The first kappa shape index (κ1) is 20.6. The van der Waals surface area contributed by atoms with E-state index in [-0.39, 0.29) is 33.4 Å². The number of nitriles is 1. The molecule has 0 saturated heterocycles. The van der Waals surface area contributed by atoms with E-state index >= 15 is 0 Å². The number of hydrogen-bond donors (Lipinski definition) is 3. The summed E-state index contributed by atoms with van der Waals surface area (Å²) in [5.41, 5.74) is -0.699. The van der Waals surface area contributed by atoms with Crippen LogP contribution in [0.15, 0.2) is 67.6 Å². The summed E-state index contributed by atoms with van der Waals surface area (Å²) in [5.74, 6) is -0.0623. The van der Waals surface area contributed by atoms with Gasteiger partial charge in [-0.1, -0.05) is 0 Å². The Kier molecular flexibility index (Phi) is 5.08. The Morgan fingerprint density at radius 1 is 1.12 bits per heavy atom. The van der Waals surface area contributed by atoms with Crippen LogP contribution in [-0.4, -0.2) is 33.0 Å². The van der Waals surface area contributed by atoms with Crippen LogP contribution < -0.4 is 15.8 Å². The lowest BCUT2D eigenvalue weighted by molar-refractivity contribution is 0.601. The molecule has 32 heavy (non-hydrogen) atoms. The molecule has 0 saturated carbocycles. The molecule has 160 valence electrons. The van der Waals surface area contributed by atoms with Crippen LogP contribution in [0.4, 0.5) is 17.3 Å². The molecule has 0 amide bonds. The van der Waals surface area contributed by atoms with Crippen molar-refractivity contribution in [2.24, 2.45) is 10.2 Å². The van der Waals surface area contributed by atoms with Crippen LogP contribution in [0, 0.1) is 18.3 Å². The lowest BCUT2D eigenvalue weighted by atomic mass is 10.3. The molecule has 14 heteroatoms. The third-order valence-corrected chi connectivity index (χ3v) is 5.55. The Balaban J connectivity index is 1.59. The van der Waals surface area contributed by atoms with Gasteiger partial charge in [-0.15, -0.1) is 5.11 Å². The van der Waals surface area contributed by atoms with E-state index in [1.807, 2.05) is 0 Å². The Morgan fingerprint density at radius 3 is 2.47 bits per heavy atom. The minimum Gasteiger partial charge on any atom is -0.343 e. The number of hydrogen-bond acceptors (Lipinski definition) is 9. The number of rotatable bonds is 5. The number of azo groups is 1. The molecule has 4 aromatic rings. The third-order valence-electron chi connectivity index (χ3n) is 4.20. The number of aromatic nitrogens is 5. The van der Waals surface area contributed by atoms with Gasteiger partial charge in [0.1, 0.15) is 11.6 Å². The molecular formula is C18H13N9O4S. The number of aromatic amines is 2. The van der Waals surface area contributed by atoms with Gasteiger partial charge in [0, 0.05) is 18.6 Å². The number of H-pyrrole nitrogens is 2. The first-order valence-corrected chi connectivity index (χ1v) is 10.4. The van der Waals surface area contributed by atoms with E-state index in [1.165, 1.54) is 36.7 Å². The molecule has 13 nitrogen and oxygen atoms in total. The Labute approximate surface area is 179 Å². The van der Waals surface area contributed by atoms with E-state index in [4.69, 9.17) is 5.26 Å². The lowest BCUT2D eigenvalue weighted by Crippen LogP contribution is -2.19. The third kappa shape index (κ3) is 3.87. The molecule has 3 N–H and O–H groups in total. The average Bonchev–Trinajstić information content (AvgIpc) is 3.10. The van der Waals surface area contributed by atoms with Gasteiger partial charge in [0.25, 0.3) is 21.1 Å². The maximum atomic E-state index is 12.5. The van der Waals surface area contributed by atoms with Gasteiger partial charge in [0.2, 0.25) is 5.95 Å². The van der Waals surface area contributed by atoms with Crippen LogP contribution in [-0.2, 0) is 10.0 Å². The van der Waals surface area contributed by atoms with Gasteiger partial charge < -0.3 is 4.98 Å². The first-order chi connectivity index (χ1) is 15.3. The fourth-order valence-electron chi connectivity index (χ4n) is 2.63. The summed E-state index contributed by atoms with van der Waals surface area (Å²) in [4.78, 5) is 34.6. The molecule has 3 heterocycles. The van der Waals surface area contributed by atoms with Gasteiger partial charge in [0.15, 0.2) is 11.3 Å². The van der Waals surface area contributed by atoms with Crippen LogP contribution in [0.1, 0.15) is 11.1 Å². The van der Waals surface area contributed by atoms with E-state index in [0.717, 1.165) is 16.3 Å². The zero-order chi connectivity index (χ0) is 22.9. The van der Waals surface area contributed by atoms with Gasteiger partial charge in [-0.3, -0.25) is 14.7 Å². The second kappa shape index (κ2) is 7.89. The van der Waals surface area contributed by atoms with Gasteiger partial charge in [0.05, 0.1) is 10.6 Å². The minimum atomic E-state index is -3.92. The van der Waals surface area contributed by atoms with Crippen LogP contribution in [0.5, 0.6) is 0 Å². The Bertz CT molecular complexity index is 1610. The quantitative estimate of drug-likeness (QED) is 0.383. The van der Waals surface area contributed by atoms with Crippen molar-refractivity contribution in [1.29, 1.82) is 5.26 Å². The van der Waals surface area contributed by atoms with E-state index in [9.17, 15) is 18.0 Å². The number of fused-ring (bicyclic) bond motifs is 1. The number of sulfonamides is 1. The lowest BCUT2D eigenvalue weighted by Gasteiger charge is -2.06. The molecular weight excluding hydrogens is 438 g/mol. The molecule has 0 atom stereocenters. The number of anilines is 1. The van der Waals surface area contributed by atoms with Gasteiger partial charge in [-0.05, 0) is 36.8 Å². The predicted molar refractivity (Wildman–Crippen MR) is 112 cm³/mol. The molecule has 3 aromatic heterocycles. The maximum Gasteiger partial charge on any atom is 0.294 e. The molecule has 1 aromatic carbocycles. The van der Waals surface area contributed by atoms with Crippen molar-refractivity contribution in [3.05, 3.63) is 74.7 Å². The molecule has 0 aliphatic rings. The zero-order valence-corrected chi connectivity index (χ0v) is 17.1. The molecule has 0 fully saturated rings. The van der Waals surface area contributed by atoms with Crippen molar-refractivity contribution in [3.63, 3.8) is 0 Å². The highest BCUT2D eigenvalue weighted by Gasteiger charge is 2.16. The summed E-state index contributed by atoms with van der Waals surface area (Å²) in [7, 11) is -3.92. The standard InChI is InChI=1S/C18H13N9O4S/c1-10-7-21-18(22-8-10)26-32(30,31)13-4-2-12(3-5-13)23-24-14-15-20-9-11(6-19)17(29)27(15)25-16(14)28/h2-5,7-9,20H,1H3,(H,25,28)(H,21,22,26). The fraction of sp³-hybridized carbons (Fsp3) is 0.0556. The number of aryl methyl sites for hydroxylation is 1. The topological polar surface area (TPSA) is 191 Å². The second-order valence-corrected chi connectivity index (χ2v) is 8.16. The molecule has 0 spiro atoms. The number of benzene rings is 1. The maximum absolute atomic E-state index is 12.5. The van der Waals surface area contributed by atoms with E-state index < -0.39 is 21.1 Å². The molecule has 0 unspecified atom stereocenters. The average molecular weight is 451 g/mol.